The van der Waals surface area contributed by atoms with Crippen LogP contribution in [0, 0.1) is 0 Å². The van der Waals surface area contributed by atoms with Gasteiger partial charge in [0.05, 0.1) is 5.69 Å². The molecule has 1 amide bonds. The van der Waals surface area contributed by atoms with Crippen LogP contribution in [0.1, 0.15) is 60.0 Å². The fourth-order valence-corrected chi connectivity index (χ4v) is 3.03. The standard InChI is InChI=1S/C19H26N4O/c1-3-9-20-19(24)16-7-4-6-15(11-16)13-21-14(2)18-12-17-8-5-10-23(17)22-18/h4,6-7,11-12,14,21H,3,5,8-10,13H2,1-2H3,(H,20,24). The summed E-state index contributed by atoms with van der Waals surface area (Å²) in [7, 11) is 0. The van der Waals surface area contributed by atoms with E-state index >= 15 is 0 Å². The number of nitrogens with one attached hydrogen (secondary N) is 2. The smallest absolute Gasteiger partial charge is 0.251 e. The molecule has 128 valence electrons. The van der Waals surface area contributed by atoms with E-state index in [-0.39, 0.29) is 11.9 Å². The Kier molecular flexibility index (Phi) is 5.30. The van der Waals surface area contributed by atoms with Crippen LogP contribution in [-0.2, 0) is 19.5 Å². The zero-order valence-corrected chi connectivity index (χ0v) is 14.5. The van der Waals surface area contributed by atoms with Gasteiger partial charge in [0.2, 0.25) is 0 Å². The van der Waals surface area contributed by atoms with Gasteiger partial charge < -0.3 is 10.6 Å². The Morgan fingerprint density at radius 1 is 1.38 bits per heavy atom. The number of aryl methyl sites for hydroxylation is 2. The molecule has 1 aromatic carbocycles. The van der Waals surface area contributed by atoms with Crippen LogP contribution in [0.4, 0.5) is 0 Å². The molecule has 2 aromatic rings. The molecule has 0 saturated carbocycles. The number of amides is 1. The number of carbonyl (C=O) groups is 1. The van der Waals surface area contributed by atoms with Gasteiger partial charge in [-0.2, -0.15) is 5.10 Å². The van der Waals surface area contributed by atoms with Crippen molar-refractivity contribution in [1.29, 1.82) is 0 Å². The molecular formula is C19H26N4O. The van der Waals surface area contributed by atoms with Gasteiger partial charge >= 0.3 is 0 Å². The van der Waals surface area contributed by atoms with Crippen LogP contribution in [0.5, 0.6) is 0 Å². The summed E-state index contributed by atoms with van der Waals surface area (Å²) in [4.78, 5) is 12.1. The number of nitrogens with zero attached hydrogens (tertiary/aromatic N) is 2. The molecule has 1 atom stereocenters. The van der Waals surface area contributed by atoms with Crippen LogP contribution < -0.4 is 10.6 Å². The molecule has 5 heteroatoms. The lowest BCUT2D eigenvalue weighted by atomic mass is 10.1. The van der Waals surface area contributed by atoms with E-state index in [4.69, 9.17) is 0 Å². The molecule has 0 spiro atoms. The van der Waals surface area contributed by atoms with Crippen molar-refractivity contribution >= 4 is 5.91 Å². The average Bonchev–Trinajstić information content (AvgIpc) is 3.19. The molecule has 1 aliphatic rings. The van der Waals surface area contributed by atoms with Gasteiger partial charge in [-0.25, -0.2) is 0 Å². The normalized spacial score (nSPS) is 14.4. The predicted molar refractivity (Wildman–Crippen MR) is 94.9 cm³/mol. The van der Waals surface area contributed by atoms with Gasteiger partial charge in [0.15, 0.2) is 0 Å². The summed E-state index contributed by atoms with van der Waals surface area (Å²) in [5.74, 6) is -0.00252. The van der Waals surface area contributed by atoms with E-state index in [0.29, 0.717) is 6.54 Å². The van der Waals surface area contributed by atoms with Gasteiger partial charge in [-0.3, -0.25) is 9.48 Å². The zero-order chi connectivity index (χ0) is 16.9. The summed E-state index contributed by atoms with van der Waals surface area (Å²) in [5, 5.41) is 11.1. The van der Waals surface area contributed by atoms with Crippen LogP contribution in [0.25, 0.3) is 0 Å². The minimum atomic E-state index is -0.00252. The summed E-state index contributed by atoms with van der Waals surface area (Å²) in [6.07, 6.45) is 3.28. The molecule has 0 saturated heterocycles. The Bertz CT molecular complexity index is 686. The number of hydrogen-bond acceptors (Lipinski definition) is 3. The SMILES string of the molecule is CCCNC(=O)c1cccc(CNC(C)c2cc3n(n2)CCC3)c1. The number of fused-ring (bicyclic) bond motifs is 1. The maximum Gasteiger partial charge on any atom is 0.251 e. The molecule has 2 N–H and O–H groups in total. The first-order valence-electron chi connectivity index (χ1n) is 8.84. The molecule has 0 radical (unpaired) electrons. The van der Waals surface area contributed by atoms with E-state index in [1.165, 1.54) is 12.1 Å². The van der Waals surface area contributed by atoms with E-state index in [2.05, 4.69) is 33.4 Å². The summed E-state index contributed by atoms with van der Waals surface area (Å²) in [5.41, 5.74) is 4.27. The number of hydrogen-bond donors (Lipinski definition) is 2. The van der Waals surface area contributed by atoms with Crippen molar-refractivity contribution in [2.75, 3.05) is 6.54 Å². The van der Waals surface area contributed by atoms with Crippen molar-refractivity contribution in [3.63, 3.8) is 0 Å². The van der Waals surface area contributed by atoms with Gasteiger partial charge in [0, 0.05) is 36.9 Å². The Morgan fingerprint density at radius 3 is 3.04 bits per heavy atom. The lowest BCUT2D eigenvalue weighted by Gasteiger charge is -2.12. The van der Waals surface area contributed by atoms with E-state index in [1.807, 2.05) is 31.2 Å². The minimum absolute atomic E-state index is 0.00252. The lowest BCUT2D eigenvalue weighted by Crippen LogP contribution is -2.24. The minimum Gasteiger partial charge on any atom is -0.352 e. The molecule has 0 fully saturated rings. The van der Waals surface area contributed by atoms with Gasteiger partial charge in [-0.05, 0) is 49.9 Å². The highest BCUT2D eigenvalue weighted by molar-refractivity contribution is 5.94. The Hall–Kier alpha value is -2.14. The third-order valence-electron chi connectivity index (χ3n) is 4.47. The summed E-state index contributed by atoms with van der Waals surface area (Å²) >= 11 is 0. The molecule has 5 nitrogen and oxygen atoms in total. The van der Waals surface area contributed by atoms with E-state index in [0.717, 1.165) is 42.8 Å². The third-order valence-corrected chi connectivity index (χ3v) is 4.47. The van der Waals surface area contributed by atoms with Crippen molar-refractivity contribution in [1.82, 2.24) is 20.4 Å². The van der Waals surface area contributed by atoms with Gasteiger partial charge in [-0.15, -0.1) is 0 Å². The Balaban J connectivity index is 1.58. The van der Waals surface area contributed by atoms with Crippen molar-refractivity contribution in [3.8, 4) is 0 Å². The molecule has 2 heterocycles. The van der Waals surface area contributed by atoms with Crippen LogP contribution in [0.2, 0.25) is 0 Å². The number of carbonyl (C=O) groups excluding carboxylic acids is 1. The van der Waals surface area contributed by atoms with Crippen LogP contribution in [-0.4, -0.2) is 22.2 Å². The fraction of sp³-hybridized carbons (Fsp3) is 0.474. The summed E-state index contributed by atoms with van der Waals surface area (Å²) in [6, 6.07) is 10.2. The van der Waals surface area contributed by atoms with Crippen LogP contribution in [0.15, 0.2) is 30.3 Å². The van der Waals surface area contributed by atoms with E-state index in [9.17, 15) is 4.79 Å². The number of rotatable bonds is 7. The first-order chi connectivity index (χ1) is 11.7. The van der Waals surface area contributed by atoms with Crippen LogP contribution in [0.3, 0.4) is 0 Å². The predicted octanol–water partition coefficient (Wildman–Crippen LogP) is 2.82. The topological polar surface area (TPSA) is 59.0 Å². The van der Waals surface area contributed by atoms with Gasteiger partial charge in [0.25, 0.3) is 5.91 Å². The van der Waals surface area contributed by atoms with E-state index < -0.39 is 0 Å². The van der Waals surface area contributed by atoms with Crippen molar-refractivity contribution in [2.24, 2.45) is 0 Å². The molecule has 1 aliphatic heterocycles. The highest BCUT2D eigenvalue weighted by Crippen LogP contribution is 2.19. The first-order valence-corrected chi connectivity index (χ1v) is 8.84. The fourth-order valence-electron chi connectivity index (χ4n) is 3.03. The largest absolute Gasteiger partial charge is 0.352 e. The third kappa shape index (κ3) is 3.85. The maximum absolute atomic E-state index is 12.1. The Labute approximate surface area is 143 Å². The highest BCUT2D eigenvalue weighted by atomic mass is 16.1. The quantitative estimate of drug-likeness (QED) is 0.822. The van der Waals surface area contributed by atoms with Crippen LogP contribution >= 0.6 is 0 Å². The number of aromatic nitrogens is 2. The molecular weight excluding hydrogens is 300 g/mol. The first kappa shape index (κ1) is 16.7. The van der Waals surface area contributed by atoms with Gasteiger partial charge in [-0.1, -0.05) is 19.1 Å². The molecule has 0 aliphatic carbocycles. The maximum atomic E-state index is 12.1. The summed E-state index contributed by atoms with van der Waals surface area (Å²) < 4.78 is 2.12. The molecule has 24 heavy (non-hydrogen) atoms. The number of benzene rings is 1. The Morgan fingerprint density at radius 2 is 2.25 bits per heavy atom. The average molecular weight is 326 g/mol. The second-order valence-electron chi connectivity index (χ2n) is 6.45. The van der Waals surface area contributed by atoms with Crippen molar-refractivity contribution in [2.45, 2.75) is 52.2 Å². The second-order valence-corrected chi connectivity index (χ2v) is 6.45. The molecule has 3 rings (SSSR count). The van der Waals surface area contributed by atoms with Crippen molar-refractivity contribution in [3.05, 3.63) is 52.8 Å². The lowest BCUT2D eigenvalue weighted by molar-refractivity contribution is 0.0953. The molecule has 1 unspecified atom stereocenters. The monoisotopic (exact) mass is 326 g/mol. The zero-order valence-electron chi connectivity index (χ0n) is 14.5. The second kappa shape index (κ2) is 7.62. The molecule has 1 aromatic heterocycles. The van der Waals surface area contributed by atoms with E-state index in [1.54, 1.807) is 0 Å². The highest BCUT2D eigenvalue weighted by Gasteiger charge is 2.17. The van der Waals surface area contributed by atoms with Crippen molar-refractivity contribution < 1.29 is 4.79 Å². The summed E-state index contributed by atoms with van der Waals surface area (Å²) in [6.45, 7) is 6.65. The van der Waals surface area contributed by atoms with Gasteiger partial charge in [0.1, 0.15) is 0 Å². The molecule has 0 bridgehead atoms.